The Bertz CT molecular complexity index is 263. The van der Waals surface area contributed by atoms with Crippen molar-refractivity contribution in [1.29, 1.82) is 0 Å². The van der Waals surface area contributed by atoms with E-state index >= 15 is 0 Å². The van der Waals surface area contributed by atoms with Crippen molar-refractivity contribution in [3.8, 4) is 0 Å². The van der Waals surface area contributed by atoms with E-state index in [0.29, 0.717) is 5.57 Å². The molecular weight excluding hydrogens is 142 g/mol. The molecule has 0 saturated carbocycles. The van der Waals surface area contributed by atoms with Gasteiger partial charge in [0, 0.05) is 17.7 Å². The van der Waals surface area contributed by atoms with Crippen LogP contribution in [0.4, 0.5) is 0 Å². The molecule has 3 nitrogen and oxygen atoms in total. The van der Waals surface area contributed by atoms with E-state index in [1.807, 2.05) is 0 Å². The quantitative estimate of drug-likeness (QED) is 0.611. The van der Waals surface area contributed by atoms with Gasteiger partial charge >= 0.3 is 5.97 Å². The van der Waals surface area contributed by atoms with Gasteiger partial charge in [-0.3, -0.25) is 0 Å². The molecule has 0 amide bonds. The molecule has 1 atom stereocenters. The van der Waals surface area contributed by atoms with E-state index < -0.39 is 5.97 Å². The second-order valence-corrected chi connectivity index (χ2v) is 2.21. The van der Waals surface area contributed by atoms with Crippen molar-refractivity contribution in [3.05, 3.63) is 31.4 Å². The van der Waals surface area contributed by atoms with Crippen LogP contribution in [-0.4, -0.2) is 16.8 Å². The molecule has 3 heteroatoms. The molecular formula is C8H8NO2. The van der Waals surface area contributed by atoms with Crippen LogP contribution in [-0.2, 0) is 4.79 Å². The molecule has 0 aromatic rings. The molecule has 0 bridgehead atoms. The molecule has 0 aromatic heterocycles. The minimum atomic E-state index is -1.00. The number of carboxylic acids is 1. The Morgan fingerprint density at radius 3 is 2.73 bits per heavy atom. The average Bonchev–Trinajstić information content (AvgIpc) is 1.83. The van der Waals surface area contributed by atoms with E-state index in [0.717, 1.165) is 0 Å². The Labute approximate surface area is 64.8 Å². The predicted molar refractivity (Wildman–Crippen MR) is 42.2 cm³/mol. The van der Waals surface area contributed by atoms with Crippen molar-refractivity contribution in [1.82, 2.24) is 0 Å². The van der Waals surface area contributed by atoms with Crippen LogP contribution in [0.25, 0.3) is 0 Å². The van der Waals surface area contributed by atoms with Crippen LogP contribution in [0.15, 0.2) is 29.4 Å². The number of carbonyl (C=O) groups is 1. The van der Waals surface area contributed by atoms with Crippen molar-refractivity contribution in [2.24, 2.45) is 10.9 Å². The van der Waals surface area contributed by atoms with Gasteiger partial charge in [-0.1, -0.05) is 6.08 Å². The maximum absolute atomic E-state index is 10.4. The summed E-state index contributed by atoms with van der Waals surface area (Å²) >= 11 is 0. The summed E-state index contributed by atoms with van der Waals surface area (Å²) in [5.41, 5.74) is 0.748. The van der Waals surface area contributed by atoms with Crippen LogP contribution in [0.2, 0.25) is 0 Å². The number of rotatable bonds is 3. The normalized spacial score (nSPS) is 17.5. The largest absolute Gasteiger partial charge is 0.477 e. The molecule has 1 aliphatic heterocycles. The summed E-state index contributed by atoms with van der Waals surface area (Å²) in [6.45, 7) is 7.19. The molecule has 0 saturated heterocycles. The zero-order chi connectivity index (χ0) is 8.43. The smallest absolute Gasteiger partial charge is 0.354 e. The second-order valence-electron chi connectivity index (χ2n) is 2.21. The fourth-order valence-corrected chi connectivity index (χ4v) is 0.781. The van der Waals surface area contributed by atoms with Crippen LogP contribution < -0.4 is 0 Å². The van der Waals surface area contributed by atoms with E-state index in [9.17, 15) is 4.79 Å². The average molecular weight is 150 g/mol. The van der Waals surface area contributed by atoms with Gasteiger partial charge in [0.15, 0.2) is 5.71 Å². The third-order valence-corrected chi connectivity index (χ3v) is 1.49. The minimum absolute atomic E-state index is 0.102. The fraction of sp³-hybridized carbons (Fsp3) is 0.125. The van der Waals surface area contributed by atoms with Crippen molar-refractivity contribution in [3.63, 3.8) is 0 Å². The molecule has 1 unspecified atom stereocenters. The summed E-state index contributed by atoms with van der Waals surface area (Å²) in [6, 6.07) is 0. The van der Waals surface area contributed by atoms with Gasteiger partial charge in [0.2, 0.25) is 0 Å². The standard InChI is InChI=1S/C8H8NO2/c1-3-5(2)6-4-9-7(6)8(10)11/h3-5H,1-2H2,(H,10,11). The number of nitrogens with zero attached hydrogens (tertiary/aromatic N) is 1. The third-order valence-electron chi connectivity index (χ3n) is 1.49. The number of aliphatic carboxylic acids is 1. The second kappa shape index (κ2) is 2.70. The van der Waals surface area contributed by atoms with E-state index in [1.165, 1.54) is 6.20 Å². The van der Waals surface area contributed by atoms with Crippen LogP contribution in [0.1, 0.15) is 0 Å². The Hall–Kier alpha value is -1.38. The number of carboxylic acid groups (broad SMARTS) is 1. The lowest BCUT2D eigenvalue weighted by atomic mass is 9.95. The predicted octanol–water partition coefficient (Wildman–Crippen LogP) is 1.05. The zero-order valence-corrected chi connectivity index (χ0v) is 5.95. The van der Waals surface area contributed by atoms with Crippen molar-refractivity contribution >= 4 is 11.7 Å². The molecule has 0 fully saturated rings. The Morgan fingerprint density at radius 1 is 1.82 bits per heavy atom. The lowest BCUT2D eigenvalue weighted by Gasteiger charge is -2.15. The van der Waals surface area contributed by atoms with Crippen molar-refractivity contribution in [2.75, 3.05) is 0 Å². The molecule has 11 heavy (non-hydrogen) atoms. The highest BCUT2D eigenvalue weighted by Crippen LogP contribution is 2.20. The molecule has 0 aromatic carbocycles. The highest BCUT2D eigenvalue weighted by molar-refractivity contribution is 6.44. The highest BCUT2D eigenvalue weighted by Gasteiger charge is 2.23. The lowest BCUT2D eigenvalue weighted by Crippen LogP contribution is -2.23. The summed E-state index contributed by atoms with van der Waals surface area (Å²) in [6.07, 6.45) is 3.09. The number of hydrogen-bond acceptors (Lipinski definition) is 2. The van der Waals surface area contributed by atoms with Gasteiger partial charge in [-0.15, -0.1) is 6.58 Å². The molecule has 1 heterocycles. The fourth-order valence-electron chi connectivity index (χ4n) is 0.781. The summed E-state index contributed by atoms with van der Waals surface area (Å²) in [4.78, 5) is 14.0. The maximum Gasteiger partial charge on any atom is 0.354 e. The highest BCUT2D eigenvalue weighted by atomic mass is 16.4. The minimum Gasteiger partial charge on any atom is -0.477 e. The first-order valence-electron chi connectivity index (χ1n) is 3.14. The van der Waals surface area contributed by atoms with Crippen LogP contribution in [0, 0.1) is 12.8 Å². The summed E-state index contributed by atoms with van der Waals surface area (Å²) in [7, 11) is 0. The van der Waals surface area contributed by atoms with Crippen LogP contribution in [0.3, 0.4) is 0 Å². The van der Waals surface area contributed by atoms with Gasteiger partial charge in [0.05, 0.1) is 0 Å². The lowest BCUT2D eigenvalue weighted by molar-refractivity contribution is -0.129. The topological polar surface area (TPSA) is 49.7 Å². The zero-order valence-electron chi connectivity index (χ0n) is 5.95. The summed E-state index contributed by atoms with van der Waals surface area (Å²) in [5.74, 6) is -1.17. The first kappa shape index (κ1) is 7.72. The molecule has 0 spiro atoms. The molecule has 1 N–H and O–H groups in total. The molecule has 1 aliphatic rings. The first-order chi connectivity index (χ1) is 5.16. The molecule has 0 aliphatic carbocycles. The Morgan fingerprint density at radius 2 is 2.45 bits per heavy atom. The van der Waals surface area contributed by atoms with Gasteiger partial charge in [0.25, 0.3) is 0 Å². The van der Waals surface area contributed by atoms with Gasteiger partial charge in [-0.25, -0.2) is 9.79 Å². The van der Waals surface area contributed by atoms with Gasteiger partial charge in [0.1, 0.15) is 0 Å². The molecule has 57 valence electrons. The first-order valence-corrected chi connectivity index (χ1v) is 3.14. The SMILES string of the molecule is [CH2]C(C=C)C1=CN=C1C(=O)O. The maximum atomic E-state index is 10.4. The summed E-state index contributed by atoms with van der Waals surface area (Å²) < 4.78 is 0. The Balaban J connectivity index is 2.67. The van der Waals surface area contributed by atoms with E-state index in [2.05, 4.69) is 18.5 Å². The number of aliphatic imine (C=N–C) groups is 1. The molecule has 1 radical (unpaired) electrons. The van der Waals surface area contributed by atoms with Gasteiger partial charge in [-0.2, -0.15) is 0 Å². The van der Waals surface area contributed by atoms with Gasteiger partial charge in [-0.05, 0) is 6.92 Å². The molecule has 1 rings (SSSR count). The monoisotopic (exact) mass is 150 g/mol. The summed E-state index contributed by atoms with van der Waals surface area (Å²) in [5, 5.41) is 8.51. The van der Waals surface area contributed by atoms with Crippen LogP contribution >= 0.6 is 0 Å². The Kier molecular flexibility index (Phi) is 1.89. The van der Waals surface area contributed by atoms with E-state index in [-0.39, 0.29) is 11.6 Å². The van der Waals surface area contributed by atoms with Crippen molar-refractivity contribution in [2.45, 2.75) is 0 Å². The van der Waals surface area contributed by atoms with Crippen LogP contribution in [0.5, 0.6) is 0 Å². The third kappa shape index (κ3) is 1.22. The number of allylic oxidation sites excluding steroid dienone is 1. The van der Waals surface area contributed by atoms with Crippen molar-refractivity contribution < 1.29 is 9.90 Å². The van der Waals surface area contributed by atoms with E-state index in [4.69, 9.17) is 5.11 Å². The van der Waals surface area contributed by atoms with Gasteiger partial charge < -0.3 is 5.11 Å². The van der Waals surface area contributed by atoms with E-state index in [1.54, 1.807) is 6.08 Å². The number of hydrogen-bond donors (Lipinski definition) is 1.